The third-order valence-corrected chi connectivity index (χ3v) is 5.62. The maximum absolute atomic E-state index is 12.8. The molecule has 0 atom stereocenters. The molecule has 162 valence electrons. The van der Waals surface area contributed by atoms with Crippen molar-refractivity contribution in [3.05, 3.63) is 57.6 Å². The summed E-state index contributed by atoms with van der Waals surface area (Å²) in [4.78, 5) is 15.2. The first-order chi connectivity index (χ1) is 14.4. The molecule has 7 heteroatoms. The molecule has 0 bridgehead atoms. The molecular formula is C23H28Cl2N2O3. The molecule has 1 fully saturated rings. The molecule has 5 nitrogen and oxygen atoms in total. The number of ether oxygens (including phenoxy) is 2. The number of carbonyl (C=O) groups excluding carboxylic acids is 1. The highest BCUT2D eigenvalue weighted by molar-refractivity contribution is 6.32. The Kier molecular flexibility index (Phi) is 7.87. The van der Waals surface area contributed by atoms with Crippen LogP contribution in [0, 0.1) is 0 Å². The summed E-state index contributed by atoms with van der Waals surface area (Å²) in [5, 5.41) is 4.25. The normalized spacial score (nSPS) is 15.3. The zero-order valence-corrected chi connectivity index (χ0v) is 19.1. The van der Waals surface area contributed by atoms with Gasteiger partial charge in [0.15, 0.2) is 11.5 Å². The highest BCUT2D eigenvalue weighted by Gasteiger charge is 2.23. The van der Waals surface area contributed by atoms with Crippen LogP contribution in [0.5, 0.6) is 11.5 Å². The largest absolute Gasteiger partial charge is 0.493 e. The molecule has 0 spiro atoms. The molecule has 1 heterocycles. The molecule has 30 heavy (non-hydrogen) atoms. The number of hydrogen-bond acceptors (Lipinski definition) is 4. The number of likely N-dealkylation sites (tertiary alicyclic amines) is 1. The van der Waals surface area contributed by atoms with Crippen LogP contribution in [0.1, 0.15) is 42.6 Å². The molecule has 0 unspecified atom stereocenters. The standard InChI is InChI=1S/C23H28Cl2N2O3/c1-15(2)30-22-20(25)12-17(13-21(22)29-3)23(28)26-19-8-10-27(11-9-19)14-16-4-6-18(24)7-5-16/h4-7,12-13,15,19H,8-11,14H2,1-3H3,(H,26,28). The smallest absolute Gasteiger partial charge is 0.251 e. The Morgan fingerprint density at radius 3 is 2.43 bits per heavy atom. The number of amides is 1. The number of nitrogens with one attached hydrogen (secondary N) is 1. The topological polar surface area (TPSA) is 50.8 Å². The van der Waals surface area contributed by atoms with Gasteiger partial charge >= 0.3 is 0 Å². The first kappa shape index (κ1) is 22.7. The lowest BCUT2D eigenvalue weighted by Crippen LogP contribution is -2.44. The van der Waals surface area contributed by atoms with E-state index in [2.05, 4.69) is 22.3 Å². The van der Waals surface area contributed by atoms with Gasteiger partial charge in [-0.3, -0.25) is 9.69 Å². The molecule has 1 N–H and O–H groups in total. The highest BCUT2D eigenvalue weighted by Crippen LogP contribution is 2.37. The van der Waals surface area contributed by atoms with E-state index in [4.69, 9.17) is 32.7 Å². The van der Waals surface area contributed by atoms with Crippen LogP contribution >= 0.6 is 23.2 Å². The SMILES string of the molecule is COc1cc(C(=O)NC2CCN(Cc3ccc(Cl)cc3)CC2)cc(Cl)c1OC(C)C. The number of rotatable bonds is 7. The second-order valence-corrected chi connectivity index (χ2v) is 8.65. The van der Waals surface area contributed by atoms with E-state index >= 15 is 0 Å². The van der Waals surface area contributed by atoms with Gasteiger partial charge in [0.25, 0.3) is 5.91 Å². The number of carbonyl (C=O) groups is 1. The summed E-state index contributed by atoms with van der Waals surface area (Å²) in [6, 6.07) is 11.4. The molecule has 1 aliphatic rings. The van der Waals surface area contributed by atoms with Gasteiger partial charge in [-0.1, -0.05) is 35.3 Å². The summed E-state index contributed by atoms with van der Waals surface area (Å²) >= 11 is 12.3. The Morgan fingerprint density at radius 2 is 1.83 bits per heavy atom. The predicted octanol–water partition coefficient (Wildman–Crippen LogP) is 5.18. The van der Waals surface area contributed by atoms with Gasteiger partial charge < -0.3 is 14.8 Å². The summed E-state index contributed by atoms with van der Waals surface area (Å²) in [6.07, 6.45) is 1.76. The fourth-order valence-corrected chi connectivity index (χ4v) is 3.93. The van der Waals surface area contributed by atoms with Gasteiger partial charge in [0.05, 0.1) is 18.2 Å². The molecular weight excluding hydrogens is 423 g/mol. The fourth-order valence-electron chi connectivity index (χ4n) is 3.55. The van der Waals surface area contributed by atoms with Crippen molar-refractivity contribution in [2.24, 2.45) is 0 Å². The summed E-state index contributed by atoms with van der Waals surface area (Å²) < 4.78 is 11.1. The zero-order valence-electron chi connectivity index (χ0n) is 17.6. The highest BCUT2D eigenvalue weighted by atomic mass is 35.5. The predicted molar refractivity (Wildman–Crippen MR) is 121 cm³/mol. The van der Waals surface area contributed by atoms with Crippen LogP contribution in [-0.4, -0.2) is 43.2 Å². The Balaban J connectivity index is 1.56. The molecule has 0 radical (unpaired) electrons. The fraction of sp³-hybridized carbons (Fsp3) is 0.435. The van der Waals surface area contributed by atoms with Crippen LogP contribution in [0.3, 0.4) is 0 Å². The minimum Gasteiger partial charge on any atom is -0.493 e. The summed E-state index contributed by atoms with van der Waals surface area (Å²) in [5.41, 5.74) is 1.71. The molecule has 2 aromatic carbocycles. The van der Waals surface area contributed by atoms with E-state index < -0.39 is 0 Å². The Hall–Kier alpha value is -1.95. The van der Waals surface area contributed by atoms with Crippen molar-refractivity contribution in [1.29, 1.82) is 0 Å². The van der Waals surface area contributed by atoms with Crippen LogP contribution in [0.25, 0.3) is 0 Å². The molecule has 2 aromatic rings. The van der Waals surface area contributed by atoms with E-state index in [1.165, 1.54) is 12.7 Å². The number of benzene rings is 2. The van der Waals surface area contributed by atoms with Crippen LogP contribution in [0.2, 0.25) is 10.0 Å². The lowest BCUT2D eigenvalue weighted by atomic mass is 10.0. The van der Waals surface area contributed by atoms with Crippen molar-refractivity contribution in [2.45, 2.75) is 45.4 Å². The number of hydrogen-bond donors (Lipinski definition) is 1. The zero-order chi connectivity index (χ0) is 21.7. The first-order valence-electron chi connectivity index (χ1n) is 10.2. The molecule has 0 aliphatic carbocycles. The third kappa shape index (κ3) is 6.03. The van der Waals surface area contributed by atoms with Gasteiger partial charge in [0.2, 0.25) is 0 Å². The second-order valence-electron chi connectivity index (χ2n) is 7.81. The van der Waals surface area contributed by atoms with Crippen LogP contribution in [0.4, 0.5) is 0 Å². The van der Waals surface area contributed by atoms with Gasteiger partial charge in [-0.2, -0.15) is 0 Å². The summed E-state index contributed by atoms with van der Waals surface area (Å²) in [6.45, 7) is 6.57. The van der Waals surface area contributed by atoms with Crippen molar-refractivity contribution in [3.63, 3.8) is 0 Å². The lowest BCUT2D eigenvalue weighted by Gasteiger charge is -2.32. The van der Waals surface area contributed by atoms with Crippen molar-refractivity contribution in [3.8, 4) is 11.5 Å². The average molecular weight is 451 g/mol. The Morgan fingerprint density at radius 1 is 1.17 bits per heavy atom. The summed E-state index contributed by atoms with van der Waals surface area (Å²) in [7, 11) is 1.54. The minimum atomic E-state index is -0.151. The van der Waals surface area contributed by atoms with E-state index in [1.807, 2.05) is 26.0 Å². The molecule has 0 aromatic heterocycles. The number of piperidine rings is 1. The lowest BCUT2D eigenvalue weighted by molar-refractivity contribution is 0.0908. The van der Waals surface area contributed by atoms with E-state index in [9.17, 15) is 4.79 Å². The van der Waals surface area contributed by atoms with Crippen molar-refractivity contribution >= 4 is 29.1 Å². The van der Waals surface area contributed by atoms with Gasteiger partial charge in [0.1, 0.15) is 0 Å². The maximum atomic E-state index is 12.8. The van der Waals surface area contributed by atoms with E-state index in [1.54, 1.807) is 12.1 Å². The van der Waals surface area contributed by atoms with Gasteiger partial charge in [0, 0.05) is 36.3 Å². The molecule has 1 amide bonds. The number of halogens is 2. The van der Waals surface area contributed by atoms with Gasteiger partial charge in [-0.25, -0.2) is 0 Å². The van der Waals surface area contributed by atoms with Crippen LogP contribution < -0.4 is 14.8 Å². The van der Waals surface area contributed by atoms with E-state index in [0.717, 1.165) is 37.5 Å². The number of methoxy groups -OCH3 is 1. The van der Waals surface area contributed by atoms with Crippen LogP contribution in [-0.2, 0) is 6.54 Å². The minimum absolute atomic E-state index is 0.0471. The molecule has 3 rings (SSSR count). The Labute approximate surface area is 188 Å². The molecule has 0 saturated carbocycles. The monoisotopic (exact) mass is 450 g/mol. The van der Waals surface area contributed by atoms with Crippen molar-refractivity contribution < 1.29 is 14.3 Å². The van der Waals surface area contributed by atoms with Gasteiger partial charge in [-0.05, 0) is 56.5 Å². The van der Waals surface area contributed by atoms with Crippen molar-refractivity contribution in [2.75, 3.05) is 20.2 Å². The van der Waals surface area contributed by atoms with Crippen molar-refractivity contribution in [1.82, 2.24) is 10.2 Å². The quantitative estimate of drug-likeness (QED) is 0.630. The number of nitrogens with zero attached hydrogens (tertiary/aromatic N) is 1. The maximum Gasteiger partial charge on any atom is 0.251 e. The first-order valence-corrected chi connectivity index (χ1v) is 10.9. The second kappa shape index (κ2) is 10.4. The van der Waals surface area contributed by atoms with Crippen LogP contribution in [0.15, 0.2) is 36.4 Å². The summed E-state index contributed by atoms with van der Waals surface area (Å²) in [5.74, 6) is 0.766. The van der Waals surface area contributed by atoms with Gasteiger partial charge in [-0.15, -0.1) is 0 Å². The van der Waals surface area contributed by atoms with E-state index in [-0.39, 0.29) is 18.1 Å². The Bertz CT molecular complexity index is 863. The van der Waals surface area contributed by atoms with E-state index in [0.29, 0.717) is 22.1 Å². The molecule has 1 aliphatic heterocycles. The average Bonchev–Trinajstić information content (AvgIpc) is 2.72. The third-order valence-electron chi connectivity index (χ3n) is 5.09. The molecule has 1 saturated heterocycles.